The molecular weight excluding hydrogens is 298 g/mol. The molecule has 17 heavy (non-hydrogen) atoms. The molecule has 1 aromatic carbocycles. The summed E-state index contributed by atoms with van der Waals surface area (Å²) in [5.74, 6) is 3.45. The van der Waals surface area contributed by atoms with Crippen LogP contribution in [0.15, 0.2) is 28.7 Å². The average Bonchev–Trinajstić information content (AvgIpc) is 2.34. The Morgan fingerprint density at radius 1 is 1.41 bits per heavy atom. The standard InChI is InChI=1S/C13H18BrNOS/c1-11-10-17-9-7-15(11)6-8-16-13-4-2-12(14)3-5-13/h2-5,11H,6-10H2,1H3. The van der Waals surface area contributed by atoms with Crippen molar-refractivity contribution in [3.63, 3.8) is 0 Å². The fourth-order valence-electron chi connectivity index (χ4n) is 1.91. The van der Waals surface area contributed by atoms with Gasteiger partial charge in [0.2, 0.25) is 0 Å². The van der Waals surface area contributed by atoms with Gasteiger partial charge in [0.05, 0.1) is 0 Å². The van der Waals surface area contributed by atoms with E-state index in [1.807, 2.05) is 24.3 Å². The minimum atomic E-state index is 0.683. The van der Waals surface area contributed by atoms with Crippen molar-refractivity contribution in [3.05, 3.63) is 28.7 Å². The van der Waals surface area contributed by atoms with Gasteiger partial charge in [-0.3, -0.25) is 4.90 Å². The lowest BCUT2D eigenvalue weighted by Crippen LogP contribution is -2.42. The second kappa shape index (κ2) is 6.66. The van der Waals surface area contributed by atoms with Crippen molar-refractivity contribution in [3.8, 4) is 5.75 Å². The van der Waals surface area contributed by atoms with Crippen molar-refractivity contribution in [2.45, 2.75) is 13.0 Å². The molecule has 0 bridgehead atoms. The first kappa shape index (κ1) is 13.2. The minimum Gasteiger partial charge on any atom is -0.492 e. The van der Waals surface area contributed by atoms with Crippen LogP contribution in [0.5, 0.6) is 5.75 Å². The van der Waals surface area contributed by atoms with Gasteiger partial charge in [-0.1, -0.05) is 15.9 Å². The summed E-state index contributed by atoms with van der Waals surface area (Å²) in [4.78, 5) is 2.51. The fourth-order valence-corrected chi connectivity index (χ4v) is 3.25. The van der Waals surface area contributed by atoms with Crippen molar-refractivity contribution in [1.82, 2.24) is 4.90 Å². The second-order valence-electron chi connectivity index (χ2n) is 4.26. The van der Waals surface area contributed by atoms with Crippen LogP contribution in [0.1, 0.15) is 6.92 Å². The largest absolute Gasteiger partial charge is 0.492 e. The Kier molecular flexibility index (Phi) is 5.19. The molecule has 4 heteroatoms. The van der Waals surface area contributed by atoms with Gasteiger partial charge in [0.25, 0.3) is 0 Å². The van der Waals surface area contributed by atoms with Gasteiger partial charge in [0.1, 0.15) is 12.4 Å². The molecule has 94 valence electrons. The van der Waals surface area contributed by atoms with E-state index in [2.05, 4.69) is 39.5 Å². The number of hydrogen-bond donors (Lipinski definition) is 0. The molecule has 1 heterocycles. The highest BCUT2D eigenvalue weighted by Crippen LogP contribution is 2.17. The summed E-state index contributed by atoms with van der Waals surface area (Å²) in [5.41, 5.74) is 0. The third-order valence-electron chi connectivity index (χ3n) is 2.97. The maximum Gasteiger partial charge on any atom is 0.119 e. The zero-order valence-electron chi connectivity index (χ0n) is 10.1. The number of rotatable bonds is 4. The van der Waals surface area contributed by atoms with Gasteiger partial charge in [-0.05, 0) is 31.2 Å². The van der Waals surface area contributed by atoms with E-state index in [0.29, 0.717) is 6.04 Å². The maximum atomic E-state index is 5.74. The number of benzene rings is 1. The molecule has 0 spiro atoms. The zero-order chi connectivity index (χ0) is 12.1. The number of halogens is 1. The summed E-state index contributed by atoms with van der Waals surface area (Å²) in [6.07, 6.45) is 0. The van der Waals surface area contributed by atoms with E-state index in [1.165, 1.54) is 18.1 Å². The van der Waals surface area contributed by atoms with Crippen LogP contribution in [0.2, 0.25) is 0 Å². The third-order valence-corrected chi connectivity index (χ3v) is 4.68. The molecule has 2 rings (SSSR count). The van der Waals surface area contributed by atoms with E-state index >= 15 is 0 Å². The van der Waals surface area contributed by atoms with Crippen LogP contribution in [0.4, 0.5) is 0 Å². The molecule has 1 fully saturated rings. The van der Waals surface area contributed by atoms with E-state index in [1.54, 1.807) is 0 Å². The lowest BCUT2D eigenvalue weighted by atomic mass is 10.3. The molecular formula is C13H18BrNOS. The fraction of sp³-hybridized carbons (Fsp3) is 0.538. The Balaban J connectivity index is 1.73. The van der Waals surface area contributed by atoms with Crippen molar-refractivity contribution < 1.29 is 4.74 Å². The number of thioether (sulfide) groups is 1. The van der Waals surface area contributed by atoms with Gasteiger partial charge in [0.15, 0.2) is 0 Å². The Hall–Kier alpha value is -0.190. The van der Waals surface area contributed by atoms with Crippen LogP contribution in [0.3, 0.4) is 0 Å². The Bertz CT molecular complexity index is 344. The van der Waals surface area contributed by atoms with Crippen LogP contribution in [-0.2, 0) is 0 Å². The zero-order valence-corrected chi connectivity index (χ0v) is 12.5. The lowest BCUT2D eigenvalue weighted by Gasteiger charge is -2.32. The molecule has 0 N–H and O–H groups in total. The molecule has 0 aromatic heterocycles. The summed E-state index contributed by atoms with van der Waals surface area (Å²) in [7, 11) is 0. The highest BCUT2D eigenvalue weighted by molar-refractivity contribution is 9.10. The van der Waals surface area contributed by atoms with E-state index in [-0.39, 0.29) is 0 Å². The predicted octanol–water partition coefficient (Wildman–Crippen LogP) is 3.27. The molecule has 0 radical (unpaired) electrons. The van der Waals surface area contributed by atoms with Crippen molar-refractivity contribution in [2.75, 3.05) is 31.2 Å². The molecule has 0 saturated carbocycles. The molecule has 0 aliphatic carbocycles. The first-order chi connectivity index (χ1) is 8.25. The summed E-state index contributed by atoms with van der Waals surface area (Å²) in [6.45, 7) is 5.29. The first-order valence-electron chi connectivity index (χ1n) is 5.96. The minimum absolute atomic E-state index is 0.683. The monoisotopic (exact) mass is 315 g/mol. The van der Waals surface area contributed by atoms with Crippen LogP contribution < -0.4 is 4.74 Å². The van der Waals surface area contributed by atoms with Gasteiger partial charge in [0, 0.05) is 35.1 Å². The summed E-state index contributed by atoms with van der Waals surface area (Å²) in [6, 6.07) is 8.70. The van der Waals surface area contributed by atoms with Gasteiger partial charge in [-0.15, -0.1) is 0 Å². The van der Waals surface area contributed by atoms with Gasteiger partial charge in [-0.25, -0.2) is 0 Å². The molecule has 1 saturated heterocycles. The number of hydrogen-bond acceptors (Lipinski definition) is 3. The van der Waals surface area contributed by atoms with Crippen molar-refractivity contribution in [2.24, 2.45) is 0 Å². The number of ether oxygens (including phenoxy) is 1. The van der Waals surface area contributed by atoms with E-state index in [0.717, 1.165) is 23.4 Å². The van der Waals surface area contributed by atoms with Gasteiger partial charge >= 0.3 is 0 Å². The summed E-state index contributed by atoms with van der Waals surface area (Å²) < 4.78 is 6.83. The third kappa shape index (κ3) is 4.19. The van der Waals surface area contributed by atoms with Gasteiger partial charge < -0.3 is 4.74 Å². The van der Waals surface area contributed by atoms with Crippen molar-refractivity contribution >= 4 is 27.7 Å². The topological polar surface area (TPSA) is 12.5 Å². The highest BCUT2D eigenvalue weighted by Gasteiger charge is 2.17. The number of nitrogens with zero attached hydrogens (tertiary/aromatic N) is 1. The molecule has 1 aromatic rings. The normalized spacial score (nSPS) is 21.4. The maximum absolute atomic E-state index is 5.74. The van der Waals surface area contributed by atoms with Crippen LogP contribution in [0.25, 0.3) is 0 Å². The molecule has 2 nitrogen and oxygen atoms in total. The summed E-state index contributed by atoms with van der Waals surface area (Å²) >= 11 is 5.47. The Morgan fingerprint density at radius 3 is 2.88 bits per heavy atom. The smallest absolute Gasteiger partial charge is 0.119 e. The average molecular weight is 316 g/mol. The van der Waals surface area contributed by atoms with Crippen LogP contribution in [0, 0.1) is 0 Å². The predicted molar refractivity (Wildman–Crippen MR) is 78.0 cm³/mol. The lowest BCUT2D eigenvalue weighted by molar-refractivity contribution is 0.183. The van der Waals surface area contributed by atoms with Crippen LogP contribution in [-0.4, -0.2) is 42.1 Å². The van der Waals surface area contributed by atoms with Gasteiger partial charge in [-0.2, -0.15) is 11.8 Å². The quantitative estimate of drug-likeness (QED) is 0.846. The second-order valence-corrected chi connectivity index (χ2v) is 6.33. The molecule has 0 amide bonds. The van der Waals surface area contributed by atoms with Crippen LogP contribution >= 0.6 is 27.7 Å². The summed E-state index contributed by atoms with van der Waals surface area (Å²) in [5, 5.41) is 0. The SMILES string of the molecule is CC1CSCCN1CCOc1ccc(Br)cc1. The molecule has 1 aliphatic rings. The molecule has 1 unspecified atom stereocenters. The van der Waals surface area contributed by atoms with E-state index < -0.39 is 0 Å². The van der Waals surface area contributed by atoms with E-state index in [9.17, 15) is 0 Å². The molecule has 1 atom stereocenters. The Morgan fingerprint density at radius 2 is 2.18 bits per heavy atom. The molecule has 1 aliphatic heterocycles. The van der Waals surface area contributed by atoms with E-state index in [4.69, 9.17) is 4.74 Å². The highest BCUT2D eigenvalue weighted by atomic mass is 79.9. The first-order valence-corrected chi connectivity index (χ1v) is 7.90. The van der Waals surface area contributed by atoms with Crippen molar-refractivity contribution in [1.29, 1.82) is 0 Å². The Labute approximate surface area is 116 Å².